The minimum Gasteiger partial charge on any atom is -0.301 e. The minimum absolute atomic E-state index is 0.126. The fourth-order valence-corrected chi connectivity index (χ4v) is 4.53. The second-order valence-electron chi connectivity index (χ2n) is 5.90. The molecule has 1 heterocycles. The van der Waals surface area contributed by atoms with Crippen LogP contribution in [0.15, 0.2) is 23.1 Å². The Morgan fingerprint density at radius 3 is 1.92 bits per heavy atom. The van der Waals surface area contributed by atoms with E-state index < -0.39 is 43.9 Å². The highest BCUT2D eigenvalue weighted by molar-refractivity contribution is 7.89. The van der Waals surface area contributed by atoms with Gasteiger partial charge in [0.05, 0.1) is 21.6 Å². The Balaban J connectivity index is 2.67. The zero-order valence-electron chi connectivity index (χ0n) is 12.8. The highest BCUT2D eigenvalue weighted by Crippen LogP contribution is 2.39. The lowest BCUT2D eigenvalue weighted by Gasteiger charge is -2.29. The summed E-state index contributed by atoms with van der Waals surface area (Å²) in [6.07, 6.45) is -9.61. The topological polar surface area (TPSA) is 54.5 Å². The first-order valence-electron chi connectivity index (χ1n) is 7.00. The monoisotopic (exact) mass is 389 g/mol. The number of rotatable bonds is 3. The van der Waals surface area contributed by atoms with Crippen LogP contribution in [-0.4, -0.2) is 31.1 Å². The van der Waals surface area contributed by atoms with E-state index in [1.807, 2.05) is 0 Å². The van der Waals surface area contributed by atoms with Gasteiger partial charge >= 0.3 is 12.4 Å². The molecule has 2 rings (SSSR count). The van der Waals surface area contributed by atoms with E-state index in [0.29, 0.717) is 10.6 Å². The van der Waals surface area contributed by atoms with Crippen molar-refractivity contribution in [1.29, 1.82) is 0 Å². The molecule has 0 amide bonds. The van der Waals surface area contributed by atoms with Crippen LogP contribution in [0.1, 0.15) is 30.9 Å². The van der Waals surface area contributed by atoms with Gasteiger partial charge < -0.3 is 4.79 Å². The number of halogens is 6. The van der Waals surface area contributed by atoms with E-state index >= 15 is 0 Å². The third kappa shape index (κ3) is 3.66. The van der Waals surface area contributed by atoms with Gasteiger partial charge in [0.25, 0.3) is 0 Å². The predicted molar refractivity (Wildman–Crippen MR) is 74.0 cm³/mol. The number of aldehydes is 1. The summed E-state index contributed by atoms with van der Waals surface area (Å²) in [6.45, 7) is 1.10. The molecule has 4 nitrogen and oxygen atoms in total. The lowest BCUT2D eigenvalue weighted by molar-refractivity contribution is -0.143. The first-order valence-corrected chi connectivity index (χ1v) is 8.44. The molecule has 0 unspecified atom stereocenters. The van der Waals surface area contributed by atoms with Crippen molar-refractivity contribution >= 4 is 16.3 Å². The zero-order chi connectivity index (χ0) is 19.3. The van der Waals surface area contributed by atoms with Crippen LogP contribution >= 0.6 is 0 Å². The summed E-state index contributed by atoms with van der Waals surface area (Å²) >= 11 is 0. The highest BCUT2D eigenvalue weighted by Gasteiger charge is 2.46. The number of hydrogen-bond acceptors (Lipinski definition) is 3. The highest BCUT2D eigenvalue weighted by atomic mass is 32.2. The summed E-state index contributed by atoms with van der Waals surface area (Å²) in [6, 6.07) is 0.143. The van der Waals surface area contributed by atoms with E-state index in [9.17, 15) is 39.6 Å². The number of benzene rings is 1. The number of carbonyl (C=O) groups excluding carboxylic acids is 1. The second-order valence-corrected chi connectivity index (χ2v) is 7.76. The smallest absolute Gasteiger partial charge is 0.301 e. The van der Waals surface area contributed by atoms with Gasteiger partial charge in [0.1, 0.15) is 6.29 Å². The van der Waals surface area contributed by atoms with Crippen LogP contribution in [0.4, 0.5) is 26.3 Å². The molecule has 0 radical (unpaired) electrons. The quantitative estimate of drug-likeness (QED) is 0.588. The fraction of sp³-hybridized carbons (Fsp3) is 0.500. The van der Waals surface area contributed by atoms with Gasteiger partial charge in [-0.2, -0.15) is 30.6 Å². The lowest BCUT2D eigenvalue weighted by Crippen LogP contribution is -2.46. The molecule has 0 bridgehead atoms. The summed E-state index contributed by atoms with van der Waals surface area (Å²) in [5, 5.41) is 0. The van der Waals surface area contributed by atoms with Crippen molar-refractivity contribution in [3.05, 3.63) is 29.3 Å². The normalized spacial score (nSPS) is 23.0. The second kappa shape index (κ2) is 5.97. The van der Waals surface area contributed by atoms with Gasteiger partial charge in [0.15, 0.2) is 0 Å². The van der Waals surface area contributed by atoms with Gasteiger partial charge in [-0.05, 0) is 38.0 Å². The summed E-state index contributed by atoms with van der Waals surface area (Å²) in [5.41, 5.74) is -4.97. The lowest BCUT2D eigenvalue weighted by atomic mass is 10.0. The molecule has 1 aromatic carbocycles. The first-order chi connectivity index (χ1) is 11.2. The molecule has 1 aliphatic rings. The molecule has 1 fully saturated rings. The van der Waals surface area contributed by atoms with Gasteiger partial charge in [-0.3, -0.25) is 0 Å². The zero-order valence-corrected chi connectivity index (χ0v) is 13.6. The van der Waals surface area contributed by atoms with E-state index in [1.54, 1.807) is 0 Å². The van der Waals surface area contributed by atoms with Crippen LogP contribution in [0.2, 0.25) is 0 Å². The molecule has 0 N–H and O–H groups in total. The maximum atomic E-state index is 12.9. The van der Waals surface area contributed by atoms with Crippen molar-refractivity contribution < 1.29 is 39.6 Å². The van der Waals surface area contributed by atoms with E-state index in [0.717, 1.165) is 0 Å². The number of carbonyl (C=O) groups is 1. The van der Waals surface area contributed by atoms with Crippen LogP contribution < -0.4 is 0 Å². The maximum absolute atomic E-state index is 12.9. The Kier molecular flexibility index (Phi) is 4.71. The van der Waals surface area contributed by atoms with Crippen molar-refractivity contribution in [2.75, 3.05) is 6.54 Å². The Labute approximate surface area is 139 Å². The van der Waals surface area contributed by atoms with Crippen LogP contribution in [0.5, 0.6) is 0 Å². The minimum atomic E-state index is -5.16. The van der Waals surface area contributed by atoms with Gasteiger partial charge in [-0.15, -0.1) is 0 Å². The molecular weight excluding hydrogens is 376 g/mol. The van der Waals surface area contributed by atoms with Crippen molar-refractivity contribution in [2.45, 2.75) is 42.6 Å². The number of nitrogens with zero attached hydrogens (tertiary/aromatic N) is 1. The van der Waals surface area contributed by atoms with Crippen LogP contribution in [0, 0.1) is 0 Å². The third-order valence-corrected chi connectivity index (χ3v) is 6.03. The fourth-order valence-electron chi connectivity index (χ4n) is 2.68. The van der Waals surface area contributed by atoms with Gasteiger partial charge in [0.2, 0.25) is 10.0 Å². The molecule has 0 spiro atoms. The van der Waals surface area contributed by atoms with E-state index in [4.69, 9.17) is 0 Å². The van der Waals surface area contributed by atoms with Crippen LogP contribution in [0.25, 0.3) is 0 Å². The average molecular weight is 389 g/mol. The summed E-state index contributed by atoms with van der Waals surface area (Å²) in [7, 11) is -4.72. The summed E-state index contributed by atoms with van der Waals surface area (Å²) in [4.78, 5) is 10.1. The van der Waals surface area contributed by atoms with Crippen molar-refractivity contribution in [1.82, 2.24) is 4.31 Å². The van der Waals surface area contributed by atoms with Gasteiger partial charge in [-0.25, -0.2) is 8.42 Å². The van der Waals surface area contributed by atoms with Crippen molar-refractivity contribution in [2.24, 2.45) is 0 Å². The van der Waals surface area contributed by atoms with Gasteiger partial charge in [0, 0.05) is 6.54 Å². The number of hydrogen-bond donors (Lipinski definition) is 0. The molecule has 0 aromatic heterocycles. The molecule has 0 saturated carbocycles. The molecule has 25 heavy (non-hydrogen) atoms. The average Bonchev–Trinajstić information content (AvgIpc) is 2.88. The van der Waals surface area contributed by atoms with Crippen molar-refractivity contribution in [3.8, 4) is 0 Å². The molecule has 11 heteroatoms. The van der Waals surface area contributed by atoms with Crippen LogP contribution in [0.3, 0.4) is 0 Å². The Morgan fingerprint density at radius 1 is 1.04 bits per heavy atom. The molecule has 1 saturated heterocycles. The third-order valence-electron chi connectivity index (χ3n) is 4.02. The number of sulfonamides is 1. The Hall–Kier alpha value is -1.62. The molecule has 140 valence electrons. The largest absolute Gasteiger partial charge is 0.416 e. The molecule has 1 aliphatic heterocycles. The molecule has 0 aliphatic carbocycles. The Morgan fingerprint density at radius 2 is 1.52 bits per heavy atom. The SMILES string of the molecule is C[C@@]1(C=O)CCCN1S(=O)(=O)c1cc(C(F)(F)F)cc(C(F)(F)F)c1. The van der Waals surface area contributed by atoms with Gasteiger partial charge in [-0.1, -0.05) is 0 Å². The van der Waals surface area contributed by atoms with E-state index in [1.165, 1.54) is 6.92 Å². The first kappa shape index (κ1) is 19.7. The van der Waals surface area contributed by atoms with Crippen LogP contribution in [-0.2, 0) is 27.2 Å². The number of alkyl halides is 6. The molecule has 1 aromatic rings. The molecular formula is C14H13F6NO3S. The Bertz CT molecular complexity index is 754. The standard InChI is InChI=1S/C14H13F6NO3S/c1-12(8-22)3-2-4-21(12)25(23,24)11-6-9(13(15,16)17)5-10(7-11)14(18,19)20/h5-8H,2-4H2,1H3/t12-/m0/s1. The molecule has 1 atom stereocenters. The van der Waals surface area contributed by atoms with E-state index in [2.05, 4.69) is 0 Å². The maximum Gasteiger partial charge on any atom is 0.416 e. The summed E-state index contributed by atoms with van der Waals surface area (Å²) in [5.74, 6) is 0. The predicted octanol–water partition coefficient (Wildman–Crippen LogP) is 3.47. The summed E-state index contributed by atoms with van der Waals surface area (Å²) < 4.78 is 103. The van der Waals surface area contributed by atoms with E-state index in [-0.39, 0.29) is 37.6 Å². The van der Waals surface area contributed by atoms with Crippen molar-refractivity contribution in [3.63, 3.8) is 0 Å².